The highest BCUT2D eigenvalue weighted by atomic mass is 16.5. The molecule has 14 heavy (non-hydrogen) atoms. The molecule has 0 aromatic carbocycles. The molecule has 0 bridgehead atoms. The summed E-state index contributed by atoms with van der Waals surface area (Å²) in [4.78, 5) is 15.0. The maximum atomic E-state index is 10.9. The molecule has 0 radical (unpaired) electrons. The third-order valence-corrected chi connectivity index (χ3v) is 2.37. The highest BCUT2D eigenvalue weighted by molar-refractivity contribution is 5.86. The number of aromatic nitrogens is 2. The topological polar surface area (TPSA) is 64.3 Å². The van der Waals surface area contributed by atoms with E-state index >= 15 is 0 Å². The summed E-state index contributed by atoms with van der Waals surface area (Å²) < 4.78 is 7.17. The van der Waals surface area contributed by atoms with E-state index in [4.69, 9.17) is 9.84 Å². The number of carboxylic acids is 1. The van der Waals surface area contributed by atoms with Crippen molar-refractivity contribution in [2.24, 2.45) is 0 Å². The van der Waals surface area contributed by atoms with E-state index < -0.39 is 5.97 Å². The molecule has 1 N–H and O–H groups in total. The van der Waals surface area contributed by atoms with Crippen LogP contribution in [0, 0.1) is 0 Å². The summed E-state index contributed by atoms with van der Waals surface area (Å²) in [6.45, 7) is 3.67. The first-order valence-electron chi connectivity index (χ1n) is 4.63. The minimum absolute atomic E-state index is 0.140. The quantitative estimate of drug-likeness (QED) is 0.755. The molecule has 1 aliphatic heterocycles. The lowest BCUT2D eigenvalue weighted by molar-refractivity contribution is 0.0656. The van der Waals surface area contributed by atoms with Crippen LogP contribution in [0.25, 0.3) is 0 Å². The van der Waals surface area contributed by atoms with Crippen LogP contribution in [0.1, 0.15) is 28.9 Å². The molecule has 0 fully saturated rings. The Morgan fingerprint density at radius 1 is 1.71 bits per heavy atom. The largest absolute Gasteiger partial charge is 0.476 e. The van der Waals surface area contributed by atoms with Gasteiger partial charge in [-0.2, -0.15) is 0 Å². The summed E-state index contributed by atoms with van der Waals surface area (Å²) >= 11 is 0. The van der Waals surface area contributed by atoms with Gasteiger partial charge in [-0.25, -0.2) is 9.78 Å². The van der Waals surface area contributed by atoms with Crippen molar-refractivity contribution in [2.75, 3.05) is 6.61 Å². The normalized spacial score (nSPS) is 15.2. The van der Waals surface area contributed by atoms with Crippen LogP contribution in [-0.4, -0.2) is 27.2 Å². The number of rotatable bonds is 2. The Bertz CT molecular complexity index is 370. The molecule has 0 saturated carbocycles. The molecule has 76 valence electrons. The van der Waals surface area contributed by atoms with E-state index in [-0.39, 0.29) is 5.69 Å². The Kier molecular flexibility index (Phi) is 2.25. The molecule has 0 atom stereocenters. The fourth-order valence-corrected chi connectivity index (χ4v) is 1.71. The van der Waals surface area contributed by atoms with E-state index in [1.165, 1.54) is 0 Å². The Hall–Kier alpha value is -1.36. The van der Waals surface area contributed by atoms with Crippen LogP contribution in [0.4, 0.5) is 0 Å². The molecule has 1 aromatic heterocycles. The number of fused-ring (bicyclic) bond motifs is 1. The summed E-state index contributed by atoms with van der Waals surface area (Å²) in [5.41, 5.74) is 0.835. The van der Waals surface area contributed by atoms with Crippen LogP contribution in [0.15, 0.2) is 0 Å². The van der Waals surface area contributed by atoms with Gasteiger partial charge >= 0.3 is 5.97 Å². The molecule has 0 unspecified atom stereocenters. The van der Waals surface area contributed by atoms with E-state index in [2.05, 4.69) is 4.98 Å². The summed E-state index contributed by atoms with van der Waals surface area (Å²) in [6.07, 6.45) is 0.750. The number of hydrogen-bond donors (Lipinski definition) is 1. The van der Waals surface area contributed by atoms with Crippen LogP contribution in [0.2, 0.25) is 0 Å². The van der Waals surface area contributed by atoms with Gasteiger partial charge in [0.2, 0.25) is 0 Å². The minimum Gasteiger partial charge on any atom is -0.476 e. The van der Waals surface area contributed by atoms with Gasteiger partial charge in [-0.3, -0.25) is 0 Å². The van der Waals surface area contributed by atoms with Crippen LogP contribution in [-0.2, 0) is 24.3 Å². The highest BCUT2D eigenvalue weighted by Gasteiger charge is 2.23. The monoisotopic (exact) mass is 196 g/mol. The van der Waals surface area contributed by atoms with Crippen molar-refractivity contribution >= 4 is 5.97 Å². The van der Waals surface area contributed by atoms with Crippen molar-refractivity contribution in [3.63, 3.8) is 0 Å². The lowest BCUT2D eigenvalue weighted by Gasteiger charge is -2.16. The van der Waals surface area contributed by atoms with Crippen molar-refractivity contribution in [1.82, 2.24) is 9.55 Å². The average Bonchev–Trinajstić information content (AvgIpc) is 2.56. The van der Waals surface area contributed by atoms with E-state index in [0.717, 1.165) is 12.2 Å². The van der Waals surface area contributed by atoms with Gasteiger partial charge in [0.25, 0.3) is 0 Å². The van der Waals surface area contributed by atoms with Crippen molar-refractivity contribution in [1.29, 1.82) is 0 Å². The number of aryl methyl sites for hydroxylation is 1. The molecule has 0 aliphatic carbocycles. The number of aromatic carboxylic acids is 1. The number of imidazole rings is 1. The summed E-state index contributed by atoms with van der Waals surface area (Å²) in [5, 5.41) is 8.92. The molecule has 5 nitrogen and oxygen atoms in total. The molecule has 0 spiro atoms. The maximum absolute atomic E-state index is 10.9. The number of nitrogens with zero attached hydrogens (tertiary/aromatic N) is 2. The molecular formula is C9H12N2O3. The van der Waals surface area contributed by atoms with Gasteiger partial charge in [0.1, 0.15) is 5.82 Å². The number of ether oxygens (including phenoxy) is 1. The van der Waals surface area contributed by atoms with Gasteiger partial charge in [-0.15, -0.1) is 0 Å². The zero-order valence-corrected chi connectivity index (χ0v) is 7.99. The first kappa shape index (κ1) is 9.21. The van der Waals surface area contributed by atoms with Crippen LogP contribution in [0.5, 0.6) is 0 Å². The lowest BCUT2D eigenvalue weighted by Crippen LogP contribution is -2.19. The standard InChI is InChI=1S/C9H12N2O3/c1-2-7-10-8(9(12)13)6-5-14-4-3-11(6)7/h2-5H2,1H3,(H,12,13). The first-order valence-corrected chi connectivity index (χ1v) is 4.63. The Labute approximate surface area is 81.3 Å². The van der Waals surface area contributed by atoms with E-state index in [1.54, 1.807) is 0 Å². The molecule has 1 aromatic rings. The Balaban J connectivity index is 2.52. The fourth-order valence-electron chi connectivity index (χ4n) is 1.71. The van der Waals surface area contributed by atoms with Gasteiger partial charge in [0, 0.05) is 13.0 Å². The number of carbonyl (C=O) groups is 1. The van der Waals surface area contributed by atoms with E-state index in [0.29, 0.717) is 25.5 Å². The molecule has 2 rings (SSSR count). The molecule has 2 heterocycles. The smallest absolute Gasteiger partial charge is 0.356 e. The van der Waals surface area contributed by atoms with Crippen molar-refractivity contribution in [3.8, 4) is 0 Å². The van der Waals surface area contributed by atoms with E-state index in [1.807, 2.05) is 11.5 Å². The average molecular weight is 196 g/mol. The number of carboxylic acid groups (broad SMARTS) is 1. The third kappa shape index (κ3) is 1.29. The lowest BCUT2D eigenvalue weighted by atomic mass is 10.3. The van der Waals surface area contributed by atoms with Gasteiger partial charge in [-0.05, 0) is 0 Å². The zero-order chi connectivity index (χ0) is 10.1. The minimum atomic E-state index is -0.973. The van der Waals surface area contributed by atoms with Gasteiger partial charge in [0.05, 0.1) is 18.9 Å². The van der Waals surface area contributed by atoms with Crippen LogP contribution in [0.3, 0.4) is 0 Å². The second-order valence-corrected chi connectivity index (χ2v) is 3.19. The van der Waals surface area contributed by atoms with Crippen molar-refractivity contribution in [2.45, 2.75) is 26.5 Å². The second-order valence-electron chi connectivity index (χ2n) is 3.19. The zero-order valence-electron chi connectivity index (χ0n) is 7.99. The van der Waals surface area contributed by atoms with Crippen LogP contribution < -0.4 is 0 Å². The van der Waals surface area contributed by atoms with Crippen molar-refractivity contribution < 1.29 is 14.6 Å². The SMILES string of the molecule is CCc1nc(C(=O)O)c2n1CCOC2. The Morgan fingerprint density at radius 2 is 2.50 bits per heavy atom. The molecule has 1 aliphatic rings. The van der Waals surface area contributed by atoms with Crippen molar-refractivity contribution in [3.05, 3.63) is 17.2 Å². The predicted molar refractivity (Wildman–Crippen MR) is 48.2 cm³/mol. The molecule has 0 saturated heterocycles. The van der Waals surface area contributed by atoms with Gasteiger partial charge < -0.3 is 14.4 Å². The van der Waals surface area contributed by atoms with E-state index in [9.17, 15) is 4.79 Å². The summed E-state index contributed by atoms with van der Waals surface area (Å²) in [5.74, 6) is -0.139. The van der Waals surface area contributed by atoms with Crippen LogP contribution >= 0.6 is 0 Å². The molecule has 5 heteroatoms. The predicted octanol–water partition coefficient (Wildman–Crippen LogP) is 0.674. The molecule has 0 amide bonds. The van der Waals surface area contributed by atoms with Gasteiger partial charge in [0.15, 0.2) is 5.69 Å². The summed E-state index contributed by atoms with van der Waals surface area (Å²) in [7, 11) is 0. The fraction of sp³-hybridized carbons (Fsp3) is 0.556. The maximum Gasteiger partial charge on any atom is 0.356 e. The third-order valence-electron chi connectivity index (χ3n) is 2.37. The first-order chi connectivity index (χ1) is 6.74. The highest BCUT2D eigenvalue weighted by Crippen LogP contribution is 2.17. The second kappa shape index (κ2) is 3.42. The number of hydrogen-bond acceptors (Lipinski definition) is 3. The Morgan fingerprint density at radius 3 is 3.14 bits per heavy atom. The molecular weight excluding hydrogens is 184 g/mol. The summed E-state index contributed by atoms with van der Waals surface area (Å²) in [6, 6.07) is 0. The van der Waals surface area contributed by atoms with Gasteiger partial charge in [-0.1, -0.05) is 6.92 Å².